The average molecular weight is 453 g/mol. The Morgan fingerprint density at radius 1 is 0.667 bits per heavy atom. The normalized spacial score (nSPS) is 17.1. The molecule has 2 atom stereocenters. The molecule has 0 rings (SSSR count). The predicted molar refractivity (Wildman–Crippen MR) is 120 cm³/mol. The maximum absolute atomic E-state index is 13.2. The van der Waals surface area contributed by atoms with Gasteiger partial charge in [0.05, 0.1) is 0 Å². The van der Waals surface area contributed by atoms with Gasteiger partial charge in [-0.25, -0.2) is 0 Å². The van der Waals surface area contributed by atoms with Gasteiger partial charge in [-0.05, 0) is 85.5 Å². The van der Waals surface area contributed by atoms with Crippen molar-refractivity contribution in [2.45, 2.75) is 97.2 Å². The molecule has 6 nitrogen and oxygen atoms in total. The minimum Gasteiger partial charge on any atom is -0.518 e. The topological polar surface area (TPSA) is 71.1 Å². The maximum Gasteiger partial charge on any atom is 0.327 e. The quantitative estimate of drug-likeness (QED) is 0.477. The van der Waals surface area contributed by atoms with Gasteiger partial charge in [-0.3, -0.25) is 9.59 Å². The van der Waals surface area contributed by atoms with Crippen molar-refractivity contribution in [1.82, 2.24) is 0 Å². The van der Waals surface area contributed by atoms with Gasteiger partial charge >= 0.3 is 11.9 Å². The van der Waals surface area contributed by atoms with E-state index in [0.29, 0.717) is 0 Å². The van der Waals surface area contributed by atoms with Gasteiger partial charge in [0.1, 0.15) is 0 Å². The van der Waals surface area contributed by atoms with Crippen molar-refractivity contribution in [2.75, 3.05) is 0 Å². The van der Waals surface area contributed by atoms with Gasteiger partial charge in [-0.2, -0.15) is 0 Å². The molecule has 0 aromatic heterocycles. The van der Waals surface area contributed by atoms with Crippen LogP contribution in [0.1, 0.15) is 6.92 Å². The molecule has 0 aliphatic carbocycles. The zero-order valence-electron chi connectivity index (χ0n) is 19.5. The third kappa shape index (κ3) is 10.7. The number of carbonyl (C=O) groups excluding carboxylic acids is 2. The van der Waals surface area contributed by atoms with E-state index in [2.05, 4.69) is 0 Å². The van der Waals surface area contributed by atoms with Gasteiger partial charge in [0.2, 0.25) is 16.6 Å². The first-order valence-electron chi connectivity index (χ1n) is 9.40. The lowest BCUT2D eigenvalue weighted by molar-refractivity contribution is -0.173. The van der Waals surface area contributed by atoms with Crippen LogP contribution in [0.2, 0.25) is 78.6 Å². The van der Waals surface area contributed by atoms with Crippen molar-refractivity contribution in [3.8, 4) is 0 Å². The summed E-state index contributed by atoms with van der Waals surface area (Å²) in [7, 11) is -8.79. The second-order valence-electron chi connectivity index (χ2n) is 11.0. The smallest absolute Gasteiger partial charge is 0.327 e. The van der Waals surface area contributed by atoms with E-state index in [4.69, 9.17) is 17.7 Å². The molecule has 27 heavy (non-hydrogen) atoms. The van der Waals surface area contributed by atoms with Crippen molar-refractivity contribution in [2.24, 2.45) is 0 Å². The predicted octanol–water partition coefficient (Wildman–Crippen LogP) is 4.57. The fraction of sp³-hybridized carbons (Fsp3) is 0.882. The second kappa shape index (κ2) is 8.62. The van der Waals surface area contributed by atoms with Crippen molar-refractivity contribution in [3.63, 3.8) is 0 Å². The van der Waals surface area contributed by atoms with E-state index in [1.54, 1.807) is 6.92 Å². The summed E-state index contributed by atoms with van der Waals surface area (Å²) < 4.78 is 23.9. The van der Waals surface area contributed by atoms with E-state index in [-0.39, 0.29) is 0 Å². The highest BCUT2D eigenvalue weighted by Crippen LogP contribution is 2.30. The van der Waals surface area contributed by atoms with Crippen molar-refractivity contribution < 1.29 is 27.3 Å². The molecule has 0 aliphatic rings. The van der Waals surface area contributed by atoms with Crippen LogP contribution in [0.15, 0.2) is 0 Å². The molecular formula is C17H40O6Si4. The summed E-state index contributed by atoms with van der Waals surface area (Å²) in [6.45, 7) is 25.0. The maximum atomic E-state index is 13.2. The fourth-order valence-corrected chi connectivity index (χ4v) is 6.27. The molecule has 0 aliphatic heterocycles. The lowest BCUT2D eigenvalue weighted by Crippen LogP contribution is -2.62. The Balaban J connectivity index is 6.24. The van der Waals surface area contributed by atoms with E-state index < -0.39 is 56.9 Å². The Bertz CT molecular complexity index is 540. The standard InChI is InChI=1S/C17H40O6Si4/c1-17(23-27(11,12)13,16(19)22-26(8,9)10)14(20-24(2,3)4)15(18)21-25(5,6)7/h14H,1-13H3/t14-,17+/m1/s1. The van der Waals surface area contributed by atoms with E-state index in [1.165, 1.54) is 0 Å². The third-order valence-corrected chi connectivity index (χ3v) is 6.51. The van der Waals surface area contributed by atoms with Crippen LogP contribution in [0, 0.1) is 0 Å². The first-order valence-corrected chi connectivity index (χ1v) is 23.0. The van der Waals surface area contributed by atoms with Crippen molar-refractivity contribution in [3.05, 3.63) is 0 Å². The zero-order valence-corrected chi connectivity index (χ0v) is 23.5. The Hall–Kier alpha value is -0.272. The first kappa shape index (κ1) is 26.7. The largest absolute Gasteiger partial charge is 0.518 e. The summed E-state index contributed by atoms with van der Waals surface area (Å²) in [5, 5.41) is 0. The van der Waals surface area contributed by atoms with Crippen LogP contribution in [-0.2, 0) is 27.3 Å². The zero-order chi connectivity index (χ0) is 22.1. The van der Waals surface area contributed by atoms with Crippen LogP contribution >= 0.6 is 0 Å². The molecule has 0 saturated carbocycles. The van der Waals surface area contributed by atoms with E-state index >= 15 is 0 Å². The van der Waals surface area contributed by atoms with Crippen LogP contribution in [0.4, 0.5) is 0 Å². The molecule has 0 aromatic rings. The summed E-state index contributed by atoms with van der Waals surface area (Å²) in [5.41, 5.74) is -1.54. The fourth-order valence-electron chi connectivity index (χ4n) is 2.31. The molecule has 0 saturated heterocycles. The number of hydrogen-bond acceptors (Lipinski definition) is 6. The molecule has 0 radical (unpaired) electrons. The molecule has 0 N–H and O–H groups in total. The second-order valence-corrected chi connectivity index (χ2v) is 28.7. The van der Waals surface area contributed by atoms with E-state index in [9.17, 15) is 9.59 Å². The van der Waals surface area contributed by atoms with Gasteiger partial charge in [0.15, 0.2) is 28.3 Å². The molecule has 0 fully saturated rings. The van der Waals surface area contributed by atoms with Gasteiger partial charge in [-0.1, -0.05) is 0 Å². The summed E-state index contributed by atoms with van der Waals surface area (Å²) >= 11 is 0. The van der Waals surface area contributed by atoms with Crippen LogP contribution < -0.4 is 0 Å². The molecule has 0 bridgehead atoms. The molecule has 0 spiro atoms. The molecule has 10 heteroatoms. The Labute approximate surface area is 169 Å². The first-order chi connectivity index (χ1) is 11.6. The highest BCUT2D eigenvalue weighted by molar-refractivity contribution is 6.72. The third-order valence-electron chi connectivity index (χ3n) is 2.91. The molecule has 160 valence electrons. The number of rotatable bonds is 9. The van der Waals surface area contributed by atoms with Gasteiger partial charge in [0.25, 0.3) is 0 Å². The minimum atomic E-state index is -2.22. The van der Waals surface area contributed by atoms with Gasteiger partial charge < -0.3 is 17.7 Å². The summed E-state index contributed by atoms with van der Waals surface area (Å²) in [6.07, 6.45) is -1.15. The highest BCUT2D eigenvalue weighted by atomic mass is 28.4. The lowest BCUT2D eigenvalue weighted by Gasteiger charge is -2.42. The molecule has 0 heterocycles. The molecule has 0 amide bonds. The van der Waals surface area contributed by atoms with E-state index in [1.807, 2.05) is 78.6 Å². The Morgan fingerprint density at radius 3 is 1.37 bits per heavy atom. The monoisotopic (exact) mass is 452 g/mol. The van der Waals surface area contributed by atoms with Crippen LogP contribution in [0.25, 0.3) is 0 Å². The molecule has 0 aromatic carbocycles. The van der Waals surface area contributed by atoms with Gasteiger partial charge in [0, 0.05) is 0 Å². The summed E-state index contributed by atoms with van der Waals surface area (Å²) in [5.74, 6) is -1.08. The van der Waals surface area contributed by atoms with Crippen LogP contribution in [0.5, 0.6) is 0 Å². The molecular weight excluding hydrogens is 413 g/mol. The molecule has 0 unspecified atom stereocenters. The van der Waals surface area contributed by atoms with Gasteiger partial charge in [-0.15, -0.1) is 0 Å². The Kier molecular flexibility index (Phi) is 8.53. The van der Waals surface area contributed by atoms with Crippen LogP contribution in [-0.4, -0.2) is 56.9 Å². The average Bonchev–Trinajstić information content (AvgIpc) is 2.27. The minimum absolute atomic E-state index is 0.537. The van der Waals surface area contributed by atoms with Crippen molar-refractivity contribution >= 4 is 45.2 Å². The van der Waals surface area contributed by atoms with Crippen LogP contribution in [0.3, 0.4) is 0 Å². The highest BCUT2D eigenvalue weighted by Gasteiger charge is 2.54. The summed E-state index contributed by atoms with van der Waals surface area (Å²) in [6, 6.07) is 0. The summed E-state index contributed by atoms with van der Waals surface area (Å²) in [4.78, 5) is 26.3. The Morgan fingerprint density at radius 2 is 1.07 bits per heavy atom. The van der Waals surface area contributed by atoms with E-state index in [0.717, 1.165) is 0 Å². The SMILES string of the molecule is C[C@@](O[Si](C)(C)C)(C(=O)O[Si](C)(C)C)[C@H](O[Si](C)(C)C)C(=O)O[Si](C)(C)C. The number of carbonyl (C=O) groups is 2. The number of hydrogen-bond donors (Lipinski definition) is 0. The lowest BCUT2D eigenvalue weighted by atomic mass is 10.00. The van der Waals surface area contributed by atoms with Crippen molar-refractivity contribution in [1.29, 1.82) is 0 Å².